The molecule has 0 heterocycles. The zero-order chi connectivity index (χ0) is 15.2. The molecule has 0 fully saturated rings. The predicted molar refractivity (Wildman–Crippen MR) is 86.6 cm³/mol. The summed E-state index contributed by atoms with van der Waals surface area (Å²) in [7, 11) is 1.56. The van der Waals surface area contributed by atoms with Crippen molar-refractivity contribution in [3.8, 4) is 5.75 Å². The molecule has 0 bridgehead atoms. The van der Waals surface area contributed by atoms with Gasteiger partial charge in [0.05, 0.1) is 12.7 Å². The number of carbonyl (C=O) groups is 1. The van der Waals surface area contributed by atoms with Crippen LogP contribution in [0.25, 0.3) is 0 Å². The van der Waals surface area contributed by atoms with Crippen LogP contribution < -0.4 is 10.1 Å². The normalized spacial score (nSPS) is 10.2. The lowest BCUT2D eigenvalue weighted by Crippen LogP contribution is -2.13. The first-order chi connectivity index (χ1) is 10.1. The number of rotatable bonds is 5. The highest BCUT2D eigenvalue weighted by Crippen LogP contribution is 2.21. The van der Waals surface area contributed by atoms with Crippen molar-refractivity contribution >= 4 is 23.2 Å². The van der Waals surface area contributed by atoms with E-state index < -0.39 is 0 Å². The Balaban J connectivity index is 2.15. The molecule has 110 valence electrons. The Kier molecular flexibility index (Phi) is 5.23. The van der Waals surface area contributed by atoms with E-state index >= 15 is 0 Å². The maximum absolute atomic E-state index is 12.3. The van der Waals surface area contributed by atoms with Crippen molar-refractivity contribution in [1.82, 2.24) is 0 Å². The maximum Gasteiger partial charge on any atom is 0.259 e. The van der Waals surface area contributed by atoms with Gasteiger partial charge in [-0.1, -0.05) is 23.8 Å². The fourth-order valence-electron chi connectivity index (χ4n) is 2.06. The summed E-state index contributed by atoms with van der Waals surface area (Å²) < 4.78 is 5.23. The first-order valence-electron chi connectivity index (χ1n) is 6.75. The van der Waals surface area contributed by atoms with Gasteiger partial charge in [0, 0.05) is 11.6 Å². The van der Waals surface area contributed by atoms with Crippen LogP contribution in [0.2, 0.25) is 0 Å². The number of halogens is 1. The van der Waals surface area contributed by atoms with E-state index in [2.05, 4.69) is 5.32 Å². The van der Waals surface area contributed by atoms with Gasteiger partial charge in [-0.3, -0.25) is 4.79 Å². The van der Waals surface area contributed by atoms with Crippen molar-refractivity contribution in [3.63, 3.8) is 0 Å². The molecule has 2 aromatic carbocycles. The lowest BCUT2D eigenvalue weighted by molar-refractivity contribution is 0.102. The van der Waals surface area contributed by atoms with Crippen molar-refractivity contribution in [2.24, 2.45) is 0 Å². The minimum Gasteiger partial charge on any atom is -0.496 e. The number of aryl methyl sites for hydroxylation is 2. The minimum absolute atomic E-state index is 0.180. The van der Waals surface area contributed by atoms with E-state index in [1.54, 1.807) is 13.2 Å². The van der Waals surface area contributed by atoms with Gasteiger partial charge in [0.1, 0.15) is 5.75 Å². The Hall–Kier alpha value is -2.00. The van der Waals surface area contributed by atoms with Crippen LogP contribution in [0.1, 0.15) is 21.5 Å². The van der Waals surface area contributed by atoms with Gasteiger partial charge in [-0.25, -0.2) is 0 Å². The summed E-state index contributed by atoms with van der Waals surface area (Å²) in [6.45, 7) is 1.94. The number of benzene rings is 2. The van der Waals surface area contributed by atoms with Crippen LogP contribution in [0.15, 0.2) is 42.5 Å². The van der Waals surface area contributed by atoms with Crippen LogP contribution >= 0.6 is 11.6 Å². The molecule has 0 aliphatic carbocycles. The number of amides is 1. The molecule has 0 saturated heterocycles. The molecule has 0 unspecified atom stereocenters. The molecule has 0 saturated carbocycles. The van der Waals surface area contributed by atoms with Crippen molar-refractivity contribution in [2.45, 2.75) is 13.3 Å². The van der Waals surface area contributed by atoms with Crippen LogP contribution in [0, 0.1) is 6.92 Å². The summed E-state index contributed by atoms with van der Waals surface area (Å²) in [5.74, 6) is 0.976. The monoisotopic (exact) mass is 303 g/mol. The number of carbonyl (C=O) groups excluding carboxylic acids is 1. The van der Waals surface area contributed by atoms with Crippen molar-refractivity contribution in [2.75, 3.05) is 18.3 Å². The Labute approximate surface area is 129 Å². The zero-order valence-corrected chi connectivity index (χ0v) is 12.9. The first kappa shape index (κ1) is 15.4. The molecule has 3 nitrogen and oxygen atoms in total. The number of ether oxygens (including phenoxy) is 1. The number of hydrogen-bond donors (Lipinski definition) is 1. The van der Waals surface area contributed by atoms with Gasteiger partial charge in [0.25, 0.3) is 5.91 Å². The summed E-state index contributed by atoms with van der Waals surface area (Å²) in [6, 6.07) is 13.2. The highest BCUT2D eigenvalue weighted by molar-refractivity contribution is 6.18. The smallest absolute Gasteiger partial charge is 0.259 e. The molecule has 0 aliphatic rings. The molecule has 1 amide bonds. The average Bonchev–Trinajstić information content (AvgIpc) is 2.49. The van der Waals surface area contributed by atoms with Crippen molar-refractivity contribution in [3.05, 3.63) is 59.2 Å². The molecule has 0 radical (unpaired) electrons. The Morgan fingerprint density at radius 3 is 2.52 bits per heavy atom. The molecule has 0 aliphatic heterocycles. The summed E-state index contributed by atoms with van der Waals surface area (Å²) in [4.78, 5) is 12.3. The van der Waals surface area contributed by atoms with Gasteiger partial charge < -0.3 is 10.1 Å². The largest absolute Gasteiger partial charge is 0.496 e. The third-order valence-electron chi connectivity index (χ3n) is 3.19. The van der Waals surface area contributed by atoms with E-state index in [0.717, 1.165) is 23.2 Å². The molecular weight excluding hydrogens is 286 g/mol. The lowest BCUT2D eigenvalue weighted by Gasteiger charge is -2.10. The fourth-order valence-corrected chi connectivity index (χ4v) is 2.28. The third kappa shape index (κ3) is 3.99. The van der Waals surface area contributed by atoms with Crippen LogP contribution in [-0.4, -0.2) is 18.9 Å². The molecule has 2 rings (SSSR count). The molecule has 1 N–H and O–H groups in total. The highest BCUT2D eigenvalue weighted by Gasteiger charge is 2.12. The Morgan fingerprint density at radius 1 is 1.19 bits per heavy atom. The van der Waals surface area contributed by atoms with E-state index in [1.165, 1.54) is 0 Å². The van der Waals surface area contributed by atoms with Crippen molar-refractivity contribution in [1.29, 1.82) is 0 Å². The van der Waals surface area contributed by atoms with Crippen molar-refractivity contribution < 1.29 is 9.53 Å². The SMILES string of the molecule is COc1ccc(C)cc1C(=O)Nc1ccc(CCCl)cc1. The second-order valence-corrected chi connectivity index (χ2v) is 5.17. The van der Waals surface area contributed by atoms with Gasteiger partial charge in [-0.05, 0) is 43.2 Å². The van der Waals surface area contributed by atoms with Crippen LogP contribution in [0.3, 0.4) is 0 Å². The van der Waals surface area contributed by atoms with E-state index in [-0.39, 0.29) is 5.91 Å². The second-order valence-electron chi connectivity index (χ2n) is 4.79. The number of hydrogen-bond acceptors (Lipinski definition) is 2. The topological polar surface area (TPSA) is 38.3 Å². The number of nitrogens with one attached hydrogen (secondary N) is 1. The average molecular weight is 304 g/mol. The lowest BCUT2D eigenvalue weighted by atomic mass is 10.1. The quantitative estimate of drug-likeness (QED) is 0.847. The number of alkyl halides is 1. The maximum atomic E-state index is 12.3. The standard InChI is InChI=1S/C17H18ClNO2/c1-12-3-8-16(21-2)15(11-12)17(20)19-14-6-4-13(5-7-14)9-10-18/h3-8,11H,9-10H2,1-2H3,(H,19,20). The molecule has 0 spiro atoms. The summed E-state index contributed by atoms with van der Waals surface area (Å²) >= 11 is 5.70. The van der Waals surface area contributed by atoms with E-state index in [4.69, 9.17) is 16.3 Å². The van der Waals surface area contributed by atoms with Crippen LogP contribution in [-0.2, 0) is 6.42 Å². The van der Waals surface area contributed by atoms with Gasteiger partial charge in [0.2, 0.25) is 0 Å². The van der Waals surface area contributed by atoms with Gasteiger partial charge >= 0.3 is 0 Å². The number of methoxy groups -OCH3 is 1. The molecule has 0 atom stereocenters. The first-order valence-corrected chi connectivity index (χ1v) is 7.28. The van der Waals surface area contributed by atoms with Crippen LogP contribution in [0.4, 0.5) is 5.69 Å². The molecule has 4 heteroatoms. The highest BCUT2D eigenvalue weighted by atomic mass is 35.5. The molecule has 2 aromatic rings. The Morgan fingerprint density at radius 2 is 1.90 bits per heavy atom. The van der Waals surface area contributed by atoms with Gasteiger partial charge in [-0.2, -0.15) is 0 Å². The molecular formula is C17H18ClNO2. The summed E-state index contributed by atoms with van der Waals surface area (Å²) in [5, 5.41) is 2.88. The van der Waals surface area contributed by atoms with E-state index in [0.29, 0.717) is 17.2 Å². The Bertz CT molecular complexity index is 623. The van der Waals surface area contributed by atoms with E-state index in [9.17, 15) is 4.79 Å². The van der Waals surface area contributed by atoms with Gasteiger partial charge in [-0.15, -0.1) is 11.6 Å². The zero-order valence-electron chi connectivity index (χ0n) is 12.2. The molecule has 21 heavy (non-hydrogen) atoms. The minimum atomic E-state index is -0.180. The summed E-state index contributed by atoms with van der Waals surface area (Å²) in [5.41, 5.74) is 3.44. The van der Waals surface area contributed by atoms with E-state index in [1.807, 2.05) is 43.3 Å². The molecule has 0 aromatic heterocycles. The van der Waals surface area contributed by atoms with Gasteiger partial charge in [0.15, 0.2) is 0 Å². The third-order valence-corrected chi connectivity index (χ3v) is 3.38. The van der Waals surface area contributed by atoms with Crippen LogP contribution in [0.5, 0.6) is 5.75 Å². The number of anilines is 1. The fraction of sp³-hybridized carbons (Fsp3) is 0.235. The summed E-state index contributed by atoms with van der Waals surface area (Å²) in [6.07, 6.45) is 0.821. The predicted octanol–water partition coefficient (Wildman–Crippen LogP) is 4.04. The second kappa shape index (κ2) is 7.14.